The van der Waals surface area contributed by atoms with Gasteiger partial charge in [-0.05, 0) is 6.92 Å². The quantitative estimate of drug-likeness (QED) is 0.467. The van der Waals surface area contributed by atoms with Crippen molar-refractivity contribution in [1.29, 1.82) is 5.26 Å². The van der Waals surface area contributed by atoms with Crippen molar-refractivity contribution in [2.24, 2.45) is 0 Å². The Bertz CT molecular complexity index is 583. The van der Waals surface area contributed by atoms with Gasteiger partial charge >= 0.3 is 18.3 Å². The van der Waals surface area contributed by atoms with Crippen molar-refractivity contribution in [1.82, 2.24) is 0 Å². The van der Waals surface area contributed by atoms with Crippen molar-refractivity contribution >= 4 is 11.7 Å². The van der Waals surface area contributed by atoms with E-state index in [-0.39, 0.29) is 17.7 Å². The minimum absolute atomic E-state index is 0.00821. The van der Waals surface area contributed by atoms with Gasteiger partial charge in [0.1, 0.15) is 6.07 Å². The Balaban J connectivity index is 3.42. The Kier molecular flexibility index (Phi) is 4.91. The van der Waals surface area contributed by atoms with Crippen LogP contribution >= 0.6 is 0 Å². The number of rotatable bonds is 5. The summed E-state index contributed by atoms with van der Waals surface area (Å²) in [5.41, 5.74) is -1.58. The zero-order valence-electron chi connectivity index (χ0n) is 10.1. The number of nitriles is 1. The van der Waals surface area contributed by atoms with E-state index in [1.54, 1.807) is 6.07 Å². The van der Waals surface area contributed by atoms with Crippen molar-refractivity contribution < 1.29 is 28.0 Å². The van der Waals surface area contributed by atoms with Gasteiger partial charge in [-0.1, -0.05) is 0 Å². The lowest BCUT2D eigenvalue weighted by Crippen LogP contribution is -2.10. The Morgan fingerprint density at radius 3 is 2.65 bits per heavy atom. The zero-order valence-corrected chi connectivity index (χ0v) is 10.1. The molecular weight excluding hydrogens is 278 g/mol. The number of hydrogen-bond acceptors (Lipinski definition) is 6. The molecule has 0 spiro atoms. The molecule has 0 saturated carbocycles. The molecule has 0 fully saturated rings. The normalized spacial score (nSPS) is 9.95. The van der Waals surface area contributed by atoms with Gasteiger partial charge in [-0.25, -0.2) is 4.79 Å². The number of esters is 1. The summed E-state index contributed by atoms with van der Waals surface area (Å²) in [6, 6.07) is 2.94. The molecule has 1 aromatic carbocycles. The highest BCUT2D eigenvalue weighted by atomic mass is 19.3. The third kappa shape index (κ3) is 3.38. The molecule has 0 aliphatic rings. The van der Waals surface area contributed by atoms with Crippen LogP contribution < -0.4 is 4.74 Å². The van der Waals surface area contributed by atoms with Gasteiger partial charge in [0, 0.05) is 12.1 Å². The van der Waals surface area contributed by atoms with Gasteiger partial charge in [-0.3, -0.25) is 10.1 Å². The van der Waals surface area contributed by atoms with E-state index in [1.165, 1.54) is 6.92 Å². The van der Waals surface area contributed by atoms with E-state index < -0.39 is 28.9 Å². The van der Waals surface area contributed by atoms with Gasteiger partial charge in [0.2, 0.25) is 5.75 Å². The molecule has 9 heteroatoms. The number of hydrogen-bond donors (Lipinski definition) is 0. The number of nitro benzene ring substituents is 1. The molecular formula is C11H8F2N2O5. The Morgan fingerprint density at radius 2 is 2.20 bits per heavy atom. The molecule has 0 radical (unpaired) electrons. The maximum Gasteiger partial charge on any atom is 0.387 e. The first kappa shape index (κ1) is 15.3. The largest absolute Gasteiger partial charge is 0.462 e. The van der Waals surface area contributed by atoms with Gasteiger partial charge in [-0.15, -0.1) is 0 Å². The van der Waals surface area contributed by atoms with E-state index in [2.05, 4.69) is 9.47 Å². The van der Waals surface area contributed by atoms with Crippen LogP contribution in [0.25, 0.3) is 0 Å². The van der Waals surface area contributed by atoms with Gasteiger partial charge in [0.05, 0.1) is 22.7 Å². The molecule has 0 aliphatic heterocycles. The summed E-state index contributed by atoms with van der Waals surface area (Å²) in [7, 11) is 0. The lowest BCUT2D eigenvalue weighted by Gasteiger charge is -2.09. The fourth-order valence-electron chi connectivity index (χ4n) is 1.37. The Morgan fingerprint density at radius 1 is 1.55 bits per heavy atom. The maximum absolute atomic E-state index is 12.2. The Labute approximate surface area is 111 Å². The molecule has 0 aliphatic carbocycles. The summed E-state index contributed by atoms with van der Waals surface area (Å²) in [6.07, 6.45) is 0. The molecule has 0 heterocycles. The van der Waals surface area contributed by atoms with E-state index in [0.29, 0.717) is 12.1 Å². The average Bonchev–Trinajstić information content (AvgIpc) is 2.37. The predicted molar refractivity (Wildman–Crippen MR) is 60.4 cm³/mol. The van der Waals surface area contributed by atoms with E-state index in [1.807, 2.05) is 0 Å². The Hall–Kier alpha value is -2.76. The molecule has 7 nitrogen and oxygen atoms in total. The molecule has 0 N–H and O–H groups in total. The number of nitrogens with zero attached hydrogens (tertiary/aromatic N) is 2. The van der Waals surface area contributed by atoms with Crippen LogP contribution in [-0.2, 0) is 4.74 Å². The second-order valence-electron chi connectivity index (χ2n) is 3.33. The summed E-state index contributed by atoms with van der Waals surface area (Å²) in [6.45, 7) is -1.81. The number of nitro groups is 1. The maximum atomic E-state index is 12.2. The molecule has 106 valence electrons. The summed E-state index contributed by atoms with van der Waals surface area (Å²) in [4.78, 5) is 21.3. The number of benzene rings is 1. The molecule has 0 saturated heterocycles. The minimum atomic E-state index is -3.31. The van der Waals surface area contributed by atoms with Crippen LogP contribution in [0.2, 0.25) is 0 Å². The first-order chi connectivity index (χ1) is 9.40. The van der Waals surface area contributed by atoms with Crippen LogP contribution in [0.3, 0.4) is 0 Å². The van der Waals surface area contributed by atoms with Crippen LogP contribution in [0.1, 0.15) is 22.8 Å². The van der Waals surface area contributed by atoms with Crippen molar-refractivity contribution in [3.8, 4) is 11.8 Å². The fraction of sp³-hybridized carbons (Fsp3) is 0.273. The molecule has 20 heavy (non-hydrogen) atoms. The summed E-state index contributed by atoms with van der Waals surface area (Å²) in [5.74, 6) is -1.77. The van der Waals surface area contributed by atoms with Crippen LogP contribution in [0, 0.1) is 21.4 Å². The van der Waals surface area contributed by atoms with Crippen molar-refractivity contribution in [3.63, 3.8) is 0 Å². The summed E-state index contributed by atoms with van der Waals surface area (Å²) in [5, 5.41) is 19.6. The van der Waals surface area contributed by atoms with E-state index in [0.717, 1.165) is 0 Å². The third-order valence-electron chi connectivity index (χ3n) is 2.13. The third-order valence-corrected chi connectivity index (χ3v) is 2.13. The first-order valence-corrected chi connectivity index (χ1v) is 5.25. The molecule has 1 rings (SSSR count). The number of ether oxygens (including phenoxy) is 2. The molecule has 0 aromatic heterocycles. The molecule has 0 unspecified atom stereocenters. The number of halogens is 2. The second kappa shape index (κ2) is 6.42. The minimum Gasteiger partial charge on any atom is -0.462 e. The molecule has 0 atom stereocenters. The number of carbonyl (C=O) groups excluding carboxylic acids is 1. The summed E-state index contributed by atoms with van der Waals surface area (Å²) >= 11 is 0. The van der Waals surface area contributed by atoms with E-state index in [4.69, 9.17) is 5.26 Å². The van der Waals surface area contributed by atoms with Crippen molar-refractivity contribution in [2.75, 3.05) is 6.61 Å². The molecule has 0 bridgehead atoms. The zero-order chi connectivity index (χ0) is 15.3. The standard InChI is InChI=1S/C11H8F2N2O5/c1-2-19-10(16)7-4-9(20-11(12)13)8(15(17)18)3-6(7)5-14/h3-4,11H,2H2,1H3. The first-order valence-electron chi connectivity index (χ1n) is 5.25. The molecule has 1 aromatic rings. The second-order valence-corrected chi connectivity index (χ2v) is 3.33. The van der Waals surface area contributed by atoms with Gasteiger partial charge in [-0.2, -0.15) is 14.0 Å². The van der Waals surface area contributed by atoms with E-state index in [9.17, 15) is 23.7 Å². The van der Waals surface area contributed by atoms with Crippen LogP contribution in [0.15, 0.2) is 12.1 Å². The molecule has 0 amide bonds. The predicted octanol–water partition coefficient (Wildman–Crippen LogP) is 2.24. The smallest absolute Gasteiger partial charge is 0.387 e. The summed E-state index contributed by atoms with van der Waals surface area (Å²) < 4.78 is 33.0. The highest BCUT2D eigenvalue weighted by molar-refractivity contribution is 5.93. The highest BCUT2D eigenvalue weighted by Crippen LogP contribution is 2.32. The van der Waals surface area contributed by atoms with Gasteiger partial charge in [0.15, 0.2) is 0 Å². The highest BCUT2D eigenvalue weighted by Gasteiger charge is 2.25. The number of alkyl halides is 2. The van der Waals surface area contributed by atoms with Gasteiger partial charge in [0.25, 0.3) is 0 Å². The van der Waals surface area contributed by atoms with Crippen LogP contribution in [0.5, 0.6) is 5.75 Å². The fourth-order valence-corrected chi connectivity index (χ4v) is 1.37. The van der Waals surface area contributed by atoms with Crippen molar-refractivity contribution in [3.05, 3.63) is 33.4 Å². The SMILES string of the molecule is CCOC(=O)c1cc(OC(F)F)c([N+](=O)[O-])cc1C#N. The van der Waals surface area contributed by atoms with E-state index >= 15 is 0 Å². The lowest BCUT2D eigenvalue weighted by atomic mass is 10.1. The number of carbonyl (C=O) groups is 1. The van der Waals surface area contributed by atoms with Crippen molar-refractivity contribution in [2.45, 2.75) is 13.5 Å². The average molecular weight is 286 g/mol. The van der Waals surface area contributed by atoms with Crippen LogP contribution in [0.4, 0.5) is 14.5 Å². The monoisotopic (exact) mass is 286 g/mol. The lowest BCUT2D eigenvalue weighted by molar-refractivity contribution is -0.386. The van der Waals surface area contributed by atoms with Crippen LogP contribution in [-0.4, -0.2) is 24.1 Å². The topological polar surface area (TPSA) is 102 Å². The van der Waals surface area contributed by atoms with Gasteiger partial charge < -0.3 is 9.47 Å².